The fourth-order valence-electron chi connectivity index (χ4n) is 3.90. The Labute approximate surface area is 193 Å². The molecule has 3 aromatic heterocycles. The molecule has 2 aromatic carbocycles. The number of anilines is 1. The van der Waals surface area contributed by atoms with Crippen LogP contribution in [-0.4, -0.2) is 19.9 Å². The van der Waals surface area contributed by atoms with E-state index in [-0.39, 0.29) is 12.0 Å². The maximum atomic E-state index is 14.2. The minimum Gasteiger partial charge on any atom is -0.398 e. The summed E-state index contributed by atoms with van der Waals surface area (Å²) in [6.07, 6.45) is 7.71. The molecule has 0 aliphatic heterocycles. The first kappa shape index (κ1) is 21.0. The zero-order chi connectivity index (χ0) is 22.9. The molecule has 33 heavy (non-hydrogen) atoms. The largest absolute Gasteiger partial charge is 0.398 e. The maximum absolute atomic E-state index is 14.2. The molecular formula is C25H18ClF2N5. The van der Waals surface area contributed by atoms with Crippen LogP contribution in [0.4, 0.5) is 14.5 Å². The van der Waals surface area contributed by atoms with E-state index in [9.17, 15) is 8.78 Å². The molecule has 5 nitrogen and oxygen atoms in total. The van der Waals surface area contributed by atoms with Crippen molar-refractivity contribution in [3.8, 4) is 11.4 Å². The number of hydrogen-bond acceptors (Lipinski definition) is 4. The predicted octanol–water partition coefficient (Wildman–Crippen LogP) is 5.72. The van der Waals surface area contributed by atoms with Crippen molar-refractivity contribution in [2.45, 2.75) is 12.8 Å². The van der Waals surface area contributed by atoms with Crippen LogP contribution in [0, 0.1) is 11.6 Å². The first-order valence-electron chi connectivity index (χ1n) is 10.2. The van der Waals surface area contributed by atoms with Crippen LogP contribution in [0.1, 0.15) is 22.3 Å². The molecule has 0 aliphatic carbocycles. The average molecular weight is 462 g/mol. The van der Waals surface area contributed by atoms with E-state index in [1.54, 1.807) is 36.8 Å². The second-order valence-electron chi connectivity index (χ2n) is 7.73. The molecule has 0 saturated heterocycles. The van der Waals surface area contributed by atoms with Gasteiger partial charge in [0.05, 0.1) is 5.02 Å². The van der Waals surface area contributed by atoms with Gasteiger partial charge in [-0.05, 0) is 40.5 Å². The van der Waals surface area contributed by atoms with Crippen molar-refractivity contribution in [1.82, 2.24) is 19.9 Å². The van der Waals surface area contributed by atoms with Crippen molar-refractivity contribution < 1.29 is 8.78 Å². The fraction of sp³-hybridized carbons (Fsp3) is 0.0800. The van der Waals surface area contributed by atoms with Crippen molar-refractivity contribution in [2.75, 3.05) is 5.73 Å². The van der Waals surface area contributed by atoms with Gasteiger partial charge in [0.25, 0.3) is 0 Å². The number of nitrogens with zero attached hydrogens (tertiary/aromatic N) is 3. The van der Waals surface area contributed by atoms with Gasteiger partial charge in [0.2, 0.25) is 0 Å². The summed E-state index contributed by atoms with van der Waals surface area (Å²) in [6, 6.07) is 11.3. The molecule has 5 aromatic rings. The standard InChI is InChI=1S/C25H18ClF2N5/c26-18-9-19-17(12-32-24(19)33-13-18)7-14-10-30-25(31-11-14)22-15(3-2-6-21(22)29)8-16-4-1-5-20(27)23(16)28/h1-6,9-13H,7-8,29H2,(H,32,33). The number of rotatable bonds is 5. The maximum Gasteiger partial charge on any atom is 0.162 e. The Hall–Kier alpha value is -3.84. The number of H-pyrrole nitrogens is 1. The van der Waals surface area contributed by atoms with Crippen LogP contribution in [0.5, 0.6) is 0 Å². The second kappa shape index (κ2) is 8.60. The number of aromatic nitrogens is 4. The smallest absolute Gasteiger partial charge is 0.162 e. The lowest BCUT2D eigenvalue weighted by Crippen LogP contribution is -2.03. The number of benzene rings is 2. The molecule has 0 aliphatic rings. The summed E-state index contributed by atoms with van der Waals surface area (Å²) >= 11 is 6.09. The number of fused-ring (bicyclic) bond motifs is 1. The van der Waals surface area contributed by atoms with Gasteiger partial charge >= 0.3 is 0 Å². The third-order valence-electron chi connectivity index (χ3n) is 5.50. The fourth-order valence-corrected chi connectivity index (χ4v) is 4.06. The summed E-state index contributed by atoms with van der Waals surface area (Å²) in [7, 11) is 0. The molecule has 0 atom stereocenters. The van der Waals surface area contributed by atoms with Gasteiger partial charge in [-0.1, -0.05) is 35.9 Å². The molecule has 0 spiro atoms. The topological polar surface area (TPSA) is 80.5 Å². The van der Waals surface area contributed by atoms with Gasteiger partial charge in [0.15, 0.2) is 17.5 Å². The summed E-state index contributed by atoms with van der Waals surface area (Å²) in [5.41, 5.74) is 10.9. The van der Waals surface area contributed by atoms with E-state index >= 15 is 0 Å². The Morgan fingerprint density at radius 2 is 1.64 bits per heavy atom. The van der Waals surface area contributed by atoms with E-state index in [1.165, 1.54) is 6.07 Å². The molecule has 5 rings (SSSR count). The number of nitrogens with two attached hydrogens (primary N) is 1. The van der Waals surface area contributed by atoms with Crippen molar-refractivity contribution >= 4 is 28.3 Å². The normalized spacial score (nSPS) is 11.2. The van der Waals surface area contributed by atoms with Crippen molar-refractivity contribution in [3.63, 3.8) is 0 Å². The number of pyridine rings is 1. The molecule has 3 heterocycles. The molecule has 164 valence electrons. The SMILES string of the molecule is Nc1cccc(Cc2cccc(F)c2F)c1-c1ncc(Cc2c[nH]c3ncc(Cl)cc23)cn1. The Kier molecular flexibility index (Phi) is 5.48. The van der Waals surface area contributed by atoms with E-state index < -0.39 is 11.6 Å². The van der Waals surface area contributed by atoms with Crippen LogP contribution in [0.25, 0.3) is 22.4 Å². The zero-order valence-corrected chi connectivity index (χ0v) is 18.1. The van der Waals surface area contributed by atoms with E-state index in [2.05, 4.69) is 19.9 Å². The van der Waals surface area contributed by atoms with Crippen LogP contribution in [-0.2, 0) is 12.8 Å². The number of nitrogen functional groups attached to an aromatic ring is 1. The quantitative estimate of drug-likeness (QED) is 0.328. The van der Waals surface area contributed by atoms with Gasteiger partial charge in [-0.3, -0.25) is 0 Å². The van der Waals surface area contributed by atoms with Crippen LogP contribution >= 0.6 is 11.6 Å². The highest BCUT2D eigenvalue weighted by atomic mass is 35.5. The lowest BCUT2D eigenvalue weighted by Gasteiger charge is -2.12. The van der Waals surface area contributed by atoms with E-state index in [1.807, 2.05) is 18.3 Å². The number of hydrogen-bond donors (Lipinski definition) is 2. The molecule has 0 amide bonds. The second-order valence-corrected chi connectivity index (χ2v) is 8.16. The highest BCUT2D eigenvalue weighted by Crippen LogP contribution is 2.30. The average Bonchev–Trinajstić information content (AvgIpc) is 3.19. The molecule has 0 unspecified atom stereocenters. The molecule has 0 bridgehead atoms. The third-order valence-corrected chi connectivity index (χ3v) is 5.71. The first-order valence-corrected chi connectivity index (χ1v) is 10.6. The molecule has 3 N–H and O–H groups in total. The zero-order valence-electron chi connectivity index (χ0n) is 17.3. The van der Waals surface area contributed by atoms with Crippen molar-refractivity contribution in [3.05, 3.63) is 106 Å². The van der Waals surface area contributed by atoms with Crippen LogP contribution < -0.4 is 5.73 Å². The van der Waals surface area contributed by atoms with Gasteiger partial charge in [-0.15, -0.1) is 0 Å². The number of halogens is 3. The molecule has 8 heteroatoms. The predicted molar refractivity (Wildman–Crippen MR) is 125 cm³/mol. The highest BCUT2D eigenvalue weighted by Gasteiger charge is 2.16. The van der Waals surface area contributed by atoms with Gasteiger partial charge in [0.1, 0.15) is 5.65 Å². The van der Waals surface area contributed by atoms with Crippen LogP contribution in [0.3, 0.4) is 0 Å². The van der Waals surface area contributed by atoms with Crippen molar-refractivity contribution in [1.29, 1.82) is 0 Å². The van der Waals surface area contributed by atoms with E-state index in [0.29, 0.717) is 34.1 Å². The van der Waals surface area contributed by atoms with Crippen LogP contribution in [0.15, 0.2) is 67.3 Å². The van der Waals surface area contributed by atoms with Gasteiger partial charge in [0, 0.05) is 54.3 Å². The highest BCUT2D eigenvalue weighted by molar-refractivity contribution is 6.31. The first-order chi connectivity index (χ1) is 16.0. The summed E-state index contributed by atoms with van der Waals surface area (Å²) in [5.74, 6) is -1.32. The monoisotopic (exact) mass is 461 g/mol. The van der Waals surface area contributed by atoms with E-state index in [0.717, 1.165) is 28.2 Å². The minimum atomic E-state index is -0.882. The minimum absolute atomic E-state index is 0.165. The Morgan fingerprint density at radius 3 is 2.45 bits per heavy atom. The summed E-state index contributed by atoms with van der Waals surface area (Å²) in [4.78, 5) is 16.5. The number of aromatic amines is 1. The van der Waals surface area contributed by atoms with Gasteiger partial charge in [-0.25, -0.2) is 23.7 Å². The molecule has 0 saturated carbocycles. The summed E-state index contributed by atoms with van der Waals surface area (Å²) < 4.78 is 27.9. The van der Waals surface area contributed by atoms with Crippen LogP contribution in [0.2, 0.25) is 5.02 Å². The van der Waals surface area contributed by atoms with Crippen molar-refractivity contribution in [2.24, 2.45) is 0 Å². The molecule has 0 fully saturated rings. The molecular weight excluding hydrogens is 444 g/mol. The third kappa shape index (κ3) is 4.15. The Balaban J connectivity index is 1.45. The number of nitrogens with one attached hydrogen (secondary N) is 1. The molecule has 0 radical (unpaired) electrons. The van der Waals surface area contributed by atoms with Gasteiger partial charge < -0.3 is 10.7 Å². The lowest BCUT2D eigenvalue weighted by atomic mass is 9.97. The Morgan fingerprint density at radius 1 is 0.879 bits per heavy atom. The summed E-state index contributed by atoms with van der Waals surface area (Å²) in [6.45, 7) is 0. The summed E-state index contributed by atoms with van der Waals surface area (Å²) in [5, 5.41) is 1.51. The Bertz CT molecular complexity index is 1460. The van der Waals surface area contributed by atoms with Gasteiger partial charge in [-0.2, -0.15) is 0 Å². The lowest BCUT2D eigenvalue weighted by molar-refractivity contribution is 0.501. The van der Waals surface area contributed by atoms with E-state index in [4.69, 9.17) is 17.3 Å².